The molecule has 1 aromatic rings. The molecule has 2 rings (SSSR count). The zero-order chi connectivity index (χ0) is 10.7. The molecule has 0 unspecified atom stereocenters. The Morgan fingerprint density at radius 2 is 1.87 bits per heavy atom. The number of carbonyl (C=O) groups is 2. The zero-order valence-corrected chi connectivity index (χ0v) is 8.04. The number of nitrogens with zero attached hydrogens (tertiary/aromatic N) is 4. The molecule has 1 aromatic heterocycles. The predicted octanol–water partition coefficient (Wildman–Crippen LogP) is -0.407. The first-order chi connectivity index (χ1) is 7.27. The summed E-state index contributed by atoms with van der Waals surface area (Å²) in [7, 11) is 0. The standard InChI is InChI=1S/C9H10N4O2/c14-8-2-3-9(15)13(8)6-1-5-12-7-4-10-11-12/h2-4,7H,1,5-6H2. The van der Waals surface area contributed by atoms with Crippen LogP contribution in [0.3, 0.4) is 0 Å². The fourth-order valence-electron chi connectivity index (χ4n) is 1.39. The first-order valence-electron chi connectivity index (χ1n) is 4.65. The molecule has 78 valence electrons. The van der Waals surface area contributed by atoms with Gasteiger partial charge in [0.1, 0.15) is 0 Å². The summed E-state index contributed by atoms with van der Waals surface area (Å²) >= 11 is 0. The van der Waals surface area contributed by atoms with Crippen molar-refractivity contribution in [3.8, 4) is 0 Å². The number of hydrogen-bond donors (Lipinski definition) is 0. The summed E-state index contributed by atoms with van der Waals surface area (Å²) in [5.74, 6) is -0.475. The number of rotatable bonds is 4. The Balaban J connectivity index is 1.79. The maximum Gasteiger partial charge on any atom is 0.253 e. The van der Waals surface area contributed by atoms with Crippen LogP contribution in [0.1, 0.15) is 6.42 Å². The Labute approximate surface area is 86.2 Å². The molecule has 2 amide bonds. The third kappa shape index (κ3) is 2.09. The van der Waals surface area contributed by atoms with E-state index >= 15 is 0 Å². The third-order valence-corrected chi connectivity index (χ3v) is 2.14. The molecular weight excluding hydrogens is 196 g/mol. The fourth-order valence-corrected chi connectivity index (χ4v) is 1.39. The lowest BCUT2D eigenvalue weighted by Gasteiger charge is -2.12. The van der Waals surface area contributed by atoms with Gasteiger partial charge in [-0.3, -0.25) is 19.2 Å². The fraction of sp³-hybridized carbons (Fsp3) is 0.333. The van der Waals surface area contributed by atoms with E-state index in [1.807, 2.05) is 0 Å². The molecular formula is C9H10N4O2. The summed E-state index contributed by atoms with van der Waals surface area (Å²) in [4.78, 5) is 23.5. The summed E-state index contributed by atoms with van der Waals surface area (Å²) in [6.45, 7) is 1.07. The first-order valence-corrected chi connectivity index (χ1v) is 4.65. The van der Waals surface area contributed by atoms with Gasteiger partial charge in [0.25, 0.3) is 11.8 Å². The second-order valence-electron chi connectivity index (χ2n) is 3.18. The van der Waals surface area contributed by atoms with Crippen molar-refractivity contribution in [1.29, 1.82) is 0 Å². The lowest BCUT2D eigenvalue weighted by Crippen LogP contribution is -2.31. The zero-order valence-electron chi connectivity index (χ0n) is 8.04. The highest BCUT2D eigenvalue weighted by Gasteiger charge is 2.22. The average molecular weight is 206 g/mol. The Morgan fingerprint density at radius 3 is 2.47 bits per heavy atom. The summed E-state index contributed by atoms with van der Waals surface area (Å²) in [6, 6.07) is 0. The minimum atomic E-state index is -0.237. The van der Waals surface area contributed by atoms with Crippen molar-refractivity contribution in [3.05, 3.63) is 24.5 Å². The van der Waals surface area contributed by atoms with Gasteiger partial charge >= 0.3 is 0 Å². The number of aromatic nitrogens is 3. The van der Waals surface area contributed by atoms with Crippen molar-refractivity contribution in [2.24, 2.45) is 0 Å². The highest BCUT2D eigenvalue weighted by Crippen LogP contribution is 2.04. The molecule has 0 saturated heterocycles. The smallest absolute Gasteiger partial charge is 0.253 e. The second kappa shape index (κ2) is 4.04. The van der Waals surface area contributed by atoms with Gasteiger partial charge < -0.3 is 0 Å². The third-order valence-electron chi connectivity index (χ3n) is 2.14. The van der Waals surface area contributed by atoms with Gasteiger partial charge in [-0.25, -0.2) is 0 Å². The van der Waals surface area contributed by atoms with Crippen LogP contribution in [-0.2, 0) is 16.1 Å². The van der Waals surface area contributed by atoms with Gasteiger partial charge in [-0.15, -0.1) is 5.10 Å². The van der Waals surface area contributed by atoms with Crippen LogP contribution in [0.25, 0.3) is 0 Å². The first kappa shape index (κ1) is 9.57. The monoisotopic (exact) mass is 206 g/mol. The number of imide groups is 1. The molecule has 1 aliphatic heterocycles. The minimum absolute atomic E-state index is 0.237. The Bertz CT molecular complexity index is 378. The van der Waals surface area contributed by atoms with E-state index in [1.54, 1.807) is 17.1 Å². The van der Waals surface area contributed by atoms with Crippen molar-refractivity contribution in [2.75, 3.05) is 6.54 Å². The van der Waals surface area contributed by atoms with Gasteiger partial charge in [-0.2, -0.15) is 0 Å². The minimum Gasteiger partial charge on any atom is -0.275 e. The van der Waals surface area contributed by atoms with Crippen LogP contribution < -0.4 is 0 Å². The summed E-state index contributed by atoms with van der Waals surface area (Å²) in [5, 5.41) is 7.44. The summed E-state index contributed by atoms with van der Waals surface area (Å²) in [5.41, 5.74) is 0. The molecule has 0 aliphatic carbocycles. The molecule has 0 N–H and O–H groups in total. The Kier molecular flexibility index (Phi) is 2.57. The molecule has 0 bridgehead atoms. The molecule has 1 aliphatic rings. The van der Waals surface area contributed by atoms with Crippen molar-refractivity contribution in [2.45, 2.75) is 13.0 Å². The van der Waals surface area contributed by atoms with Crippen LogP contribution in [-0.4, -0.2) is 38.3 Å². The van der Waals surface area contributed by atoms with Crippen molar-refractivity contribution < 1.29 is 9.59 Å². The molecule has 0 aromatic carbocycles. The van der Waals surface area contributed by atoms with Crippen molar-refractivity contribution in [1.82, 2.24) is 19.9 Å². The molecule has 15 heavy (non-hydrogen) atoms. The Hall–Kier alpha value is -1.98. The van der Waals surface area contributed by atoms with Crippen LogP contribution in [0.5, 0.6) is 0 Å². The van der Waals surface area contributed by atoms with E-state index in [1.165, 1.54) is 17.1 Å². The molecule has 0 fully saturated rings. The van der Waals surface area contributed by atoms with E-state index in [2.05, 4.69) is 10.3 Å². The normalized spacial score (nSPS) is 15.3. The van der Waals surface area contributed by atoms with E-state index < -0.39 is 0 Å². The van der Waals surface area contributed by atoms with E-state index in [0.29, 0.717) is 19.5 Å². The highest BCUT2D eigenvalue weighted by molar-refractivity contribution is 6.12. The maximum atomic E-state index is 11.2. The van der Waals surface area contributed by atoms with Gasteiger partial charge in [0.15, 0.2) is 0 Å². The van der Waals surface area contributed by atoms with Gasteiger partial charge in [-0.1, -0.05) is 5.21 Å². The van der Waals surface area contributed by atoms with E-state index in [-0.39, 0.29) is 11.8 Å². The van der Waals surface area contributed by atoms with Gasteiger partial charge in [0.05, 0.1) is 6.20 Å². The highest BCUT2D eigenvalue weighted by atomic mass is 16.2. The molecule has 6 nitrogen and oxygen atoms in total. The number of amides is 2. The van der Waals surface area contributed by atoms with E-state index in [0.717, 1.165) is 0 Å². The number of aryl methyl sites for hydroxylation is 1. The van der Waals surface area contributed by atoms with E-state index in [9.17, 15) is 9.59 Å². The topological polar surface area (TPSA) is 68.1 Å². The quantitative estimate of drug-likeness (QED) is 0.628. The van der Waals surface area contributed by atoms with Gasteiger partial charge in [0.2, 0.25) is 0 Å². The molecule has 0 radical (unpaired) electrons. The predicted molar refractivity (Wildman–Crippen MR) is 50.5 cm³/mol. The molecule has 0 atom stereocenters. The molecule has 6 heteroatoms. The molecule has 0 spiro atoms. The van der Waals surface area contributed by atoms with Gasteiger partial charge in [0, 0.05) is 31.4 Å². The SMILES string of the molecule is O=C1C=CC(=O)N1CCCn1ccnn1. The van der Waals surface area contributed by atoms with Crippen LogP contribution in [0, 0.1) is 0 Å². The summed E-state index contributed by atoms with van der Waals surface area (Å²) < 4.78 is 1.67. The molecule has 2 heterocycles. The van der Waals surface area contributed by atoms with Crippen molar-refractivity contribution in [3.63, 3.8) is 0 Å². The number of hydrogen-bond acceptors (Lipinski definition) is 4. The second-order valence-corrected chi connectivity index (χ2v) is 3.18. The Morgan fingerprint density at radius 1 is 1.13 bits per heavy atom. The summed E-state index contributed by atoms with van der Waals surface area (Å²) in [6.07, 6.45) is 6.59. The van der Waals surface area contributed by atoms with Gasteiger partial charge in [-0.05, 0) is 6.42 Å². The lowest BCUT2D eigenvalue weighted by molar-refractivity contribution is -0.136. The van der Waals surface area contributed by atoms with Crippen LogP contribution in [0.2, 0.25) is 0 Å². The van der Waals surface area contributed by atoms with Crippen LogP contribution in [0.15, 0.2) is 24.5 Å². The van der Waals surface area contributed by atoms with Crippen LogP contribution >= 0.6 is 0 Å². The van der Waals surface area contributed by atoms with E-state index in [4.69, 9.17) is 0 Å². The van der Waals surface area contributed by atoms with Crippen LogP contribution in [0.4, 0.5) is 0 Å². The molecule has 0 saturated carbocycles. The van der Waals surface area contributed by atoms with Crippen molar-refractivity contribution >= 4 is 11.8 Å². The number of carbonyl (C=O) groups excluding carboxylic acids is 2. The lowest BCUT2D eigenvalue weighted by atomic mass is 10.4. The average Bonchev–Trinajstić information content (AvgIpc) is 2.82. The largest absolute Gasteiger partial charge is 0.275 e. The maximum absolute atomic E-state index is 11.2.